The number of anilines is 3. The maximum atomic E-state index is 12.1. The second kappa shape index (κ2) is 11.4. The molecule has 3 aliphatic rings. The number of nitrogens with one attached hydrogen (secondary N) is 2. The molecule has 39 heavy (non-hydrogen) atoms. The second-order valence-corrected chi connectivity index (χ2v) is 11.7. The van der Waals surface area contributed by atoms with Crippen LogP contribution in [0.3, 0.4) is 0 Å². The van der Waals surface area contributed by atoms with Gasteiger partial charge in [0.25, 0.3) is 5.91 Å². The zero-order valence-corrected chi connectivity index (χ0v) is 23.1. The van der Waals surface area contributed by atoms with Gasteiger partial charge in [-0.05, 0) is 55.7 Å². The van der Waals surface area contributed by atoms with Crippen LogP contribution >= 0.6 is 23.4 Å². The lowest BCUT2D eigenvalue weighted by Gasteiger charge is -2.57. The highest BCUT2D eigenvalue weighted by molar-refractivity contribution is 7.99. The van der Waals surface area contributed by atoms with Crippen molar-refractivity contribution in [2.75, 3.05) is 41.4 Å². The molecular weight excluding hydrogens is 530 g/mol. The SMILES string of the molecule is N#CCNC(=O)c1ccc(-c2nc(Nc3ccc(N4CCC(N5C6CSCC5C6)CC4)cc3)ncc2Cl)cc1. The van der Waals surface area contributed by atoms with Gasteiger partial charge in [-0.15, -0.1) is 0 Å². The minimum absolute atomic E-state index is 0.0360. The highest BCUT2D eigenvalue weighted by Gasteiger charge is 2.45. The van der Waals surface area contributed by atoms with Gasteiger partial charge in [0.15, 0.2) is 0 Å². The molecule has 4 heterocycles. The van der Waals surface area contributed by atoms with E-state index in [2.05, 4.69) is 66.4 Å². The van der Waals surface area contributed by atoms with E-state index < -0.39 is 0 Å². The lowest BCUT2D eigenvalue weighted by molar-refractivity contribution is -0.0152. The average molecular weight is 560 g/mol. The van der Waals surface area contributed by atoms with Crippen molar-refractivity contribution in [1.82, 2.24) is 20.2 Å². The standard InChI is InChI=1S/C29H30ClN7OS/c30-26-16-33-29(35-27(26)19-1-3-20(4-2-19)28(38)32-12-11-31)34-21-5-7-22(8-6-21)36-13-9-23(10-14-36)37-24-15-25(37)18-39-17-24/h1-8,16,23-25H,9-10,12-15,17-18H2,(H,32,38)(H,33,34,35). The van der Waals surface area contributed by atoms with Crippen LogP contribution in [0.1, 0.15) is 29.6 Å². The number of hydrogen-bond acceptors (Lipinski definition) is 8. The summed E-state index contributed by atoms with van der Waals surface area (Å²) in [6.45, 7) is 2.16. The van der Waals surface area contributed by atoms with Crippen molar-refractivity contribution in [3.63, 3.8) is 0 Å². The van der Waals surface area contributed by atoms with Gasteiger partial charge in [-0.3, -0.25) is 9.69 Å². The first-order valence-corrected chi connectivity index (χ1v) is 14.9. The van der Waals surface area contributed by atoms with Crippen LogP contribution in [0.25, 0.3) is 11.3 Å². The summed E-state index contributed by atoms with van der Waals surface area (Å²) in [5.41, 5.74) is 3.94. The van der Waals surface area contributed by atoms with Gasteiger partial charge in [0.1, 0.15) is 6.54 Å². The Morgan fingerprint density at radius 2 is 1.77 bits per heavy atom. The molecular formula is C29H30ClN7OS. The maximum absolute atomic E-state index is 12.1. The van der Waals surface area contributed by atoms with E-state index in [4.69, 9.17) is 16.9 Å². The van der Waals surface area contributed by atoms with Crippen molar-refractivity contribution in [3.8, 4) is 17.3 Å². The Balaban J connectivity index is 1.07. The molecule has 2 N–H and O–H groups in total. The Kier molecular flexibility index (Phi) is 7.60. The Bertz CT molecular complexity index is 1360. The number of aromatic nitrogens is 2. The third kappa shape index (κ3) is 5.55. The first-order chi connectivity index (χ1) is 19.1. The van der Waals surface area contributed by atoms with Crippen molar-refractivity contribution in [2.24, 2.45) is 0 Å². The van der Waals surface area contributed by atoms with Crippen molar-refractivity contribution in [1.29, 1.82) is 5.26 Å². The van der Waals surface area contributed by atoms with E-state index in [1.165, 1.54) is 36.5 Å². The van der Waals surface area contributed by atoms with Crippen LogP contribution in [0.2, 0.25) is 5.02 Å². The van der Waals surface area contributed by atoms with Crippen LogP contribution < -0.4 is 15.5 Å². The number of amides is 1. The third-order valence-electron chi connectivity index (χ3n) is 7.88. The molecule has 10 heteroatoms. The van der Waals surface area contributed by atoms with Gasteiger partial charge >= 0.3 is 0 Å². The topological polar surface area (TPSA) is 97.2 Å². The number of nitriles is 1. The predicted octanol–water partition coefficient (Wildman–Crippen LogP) is 4.95. The van der Waals surface area contributed by atoms with Crippen LogP contribution in [0.5, 0.6) is 0 Å². The Morgan fingerprint density at radius 3 is 2.44 bits per heavy atom. The van der Waals surface area contributed by atoms with E-state index in [9.17, 15) is 4.79 Å². The van der Waals surface area contributed by atoms with Gasteiger partial charge < -0.3 is 15.5 Å². The Hall–Kier alpha value is -3.32. The Labute approximate surface area is 237 Å². The molecule has 3 aromatic rings. The fraction of sp³-hybridized carbons (Fsp3) is 0.379. The van der Waals surface area contributed by atoms with Crippen LogP contribution in [-0.4, -0.2) is 70.0 Å². The maximum Gasteiger partial charge on any atom is 0.252 e. The number of piperidine rings is 1. The fourth-order valence-electron chi connectivity index (χ4n) is 5.90. The number of hydrogen-bond donors (Lipinski definition) is 2. The summed E-state index contributed by atoms with van der Waals surface area (Å²) in [5.74, 6) is 2.78. The molecule has 0 spiro atoms. The molecule has 0 radical (unpaired) electrons. The summed E-state index contributed by atoms with van der Waals surface area (Å²) in [7, 11) is 0. The highest BCUT2D eigenvalue weighted by Crippen LogP contribution is 2.40. The van der Waals surface area contributed by atoms with Crippen LogP contribution in [0.15, 0.2) is 54.7 Å². The van der Waals surface area contributed by atoms with Crippen molar-refractivity contribution in [3.05, 3.63) is 65.3 Å². The van der Waals surface area contributed by atoms with E-state index in [-0.39, 0.29) is 12.5 Å². The van der Waals surface area contributed by atoms with Crippen LogP contribution in [0.4, 0.5) is 17.3 Å². The second-order valence-electron chi connectivity index (χ2n) is 10.2. The lowest BCUT2D eigenvalue weighted by Crippen LogP contribution is -2.66. The molecule has 3 aliphatic heterocycles. The predicted molar refractivity (Wildman–Crippen MR) is 157 cm³/mol. The Morgan fingerprint density at radius 1 is 1.05 bits per heavy atom. The van der Waals surface area contributed by atoms with E-state index in [0.29, 0.717) is 22.2 Å². The van der Waals surface area contributed by atoms with Crippen LogP contribution in [-0.2, 0) is 0 Å². The smallest absolute Gasteiger partial charge is 0.252 e. The third-order valence-corrected chi connectivity index (χ3v) is 9.39. The number of rotatable bonds is 7. The van der Waals surface area contributed by atoms with Gasteiger partial charge in [0.2, 0.25) is 5.95 Å². The van der Waals surface area contributed by atoms with Gasteiger partial charge in [-0.2, -0.15) is 17.0 Å². The van der Waals surface area contributed by atoms with Crippen molar-refractivity contribution >= 4 is 46.6 Å². The number of thioether (sulfide) groups is 1. The van der Waals surface area contributed by atoms with E-state index in [1.54, 1.807) is 30.5 Å². The zero-order valence-electron chi connectivity index (χ0n) is 21.5. The molecule has 6 rings (SSSR count). The van der Waals surface area contributed by atoms with Crippen molar-refractivity contribution in [2.45, 2.75) is 37.4 Å². The molecule has 1 aromatic heterocycles. The number of fused-ring (bicyclic) bond motifs is 2. The highest BCUT2D eigenvalue weighted by atomic mass is 35.5. The fourth-order valence-corrected chi connectivity index (χ4v) is 7.40. The molecule has 2 unspecified atom stereocenters. The summed E-state index contributed by atoms with van der Waals surface area (Å²) in [5, 5.41) is 14.9. The normalized spacial score (nSPS) is 21.1. The molecule has 0 aliphatic carbocycles. The molecule has 2 aromatic carbocycles. The average Bonchev–Trinajstić information content (AvgIpc) is 2.98. The van der Waals surface area contributed by atoms with Crippen molar-refractivity contribution < 1.29 is 4.79 Å². The van der Waals surface area contributed by atoms with E-state index in [1.807, 2.05) is 6.07 Å². The minimum Gasteiger partial charge on any atom is -0.371 e. The van der Waals surface area contributed by atoms with Gasteiger partial charge in [0.05, 0.1) is 23.0 Å². The largest absolute Gasteiger partial charge is 0.371 e. The first-order valence-electron chi connectivity index (χ1n) is 13.3. The molecule has 1 amide bonds. The summed E-state index contributed by atoms with van der Waals surface area (Å²) in [4.78, 5) is 26.3. The van der Waals surface area contributed by atoms with Gasteiger partial charge in [-0.1, -0.05) is 23.7 Å². The number of benzene rings is 2. The summed E-state index contributed by atoms with van der Waals surface area (Å²) in [6, 6.07) is 19.7. The van der Waals surface area contributed by atoms with Crippen LogP contribution in [0, 0.1) is 11.3 Å². The molecule has 2 bridgehead atoms. The minimum atomic E-state index is -0.301. The number of carbonyl (C=O) groups is 1. The van der Waals surface area contributed by atoms with E-state index >= 15 is 0 Å². The molecule has 2 atom stereocenters. The van der Waals surface area contributed by atoms with Gasteiger partial charge in [-0.25, -0.2) is 9.97 Å². The zero-order chi connectivity index (χ0) is 26.8. The molecule has 200 valence electrons. The molecule has 8 nitrogen and oxygen atoms in total. The molecule has 0 saturated carbocycles. The molecule has 3 saturated heterocycles. The van der Waals surface area contributed by atoms with E-state index in [0.717, 1.165) is 42.5 Å². The summed E-state index contributed by atoms with van der Waals surface area (Å²) < 4.78 is 0. The lowest BCUT2D eigenvalue weighted by atomic mass is 9.88. The quantitative estimate of drug-likeness (QED) is 0.392. The summed E-state index contributed by atoms with van der Waals surface area (Å²) >= 11 is 8.53. The number of halogens is 1. The van der Waals surface area contributed by atoms with Gasteiger partial charge in [0, 0.05) is 65.2 Å². The first kappa shape index (κ1) is 25.9. The number of nitrogens with zero attached hydrogens (tertiary/aromatic N) is 5. The summed E-state index contributed by atoms with van der Waals surface area (Å²) in [6.07, 6.45) is 5.47. The number of carbonyl (C=O) groups excluding carboxylic acids is 1. The monoisotopic (exact) mass is 559 g/mol. The molecule has 3 fully saturated rings.